The highest BCUT2D eigenvalue weighted by Gasteiger charge is 2.12. The summed E-state index contributed by atoms with van der Waals surface area (Å²) < 4.78 is 10.2. The zero-order valence-electron chi connectivity index (χ0n) is 7.29. The summed E-state index contributed by atoms with van der Waals surface area (Å²) in [6, 6.07) is 0. The van der Waals surface area contributed by atoms with Gasteiger partial charge in [-0.2, -0.15) is 0 Å². The zero-order valence-corrected chi connectivity index (χ0v) is 7.29. The van der Waals surface area contributed by atoms with Crippen LogP contribution < -0.4 is 0 Å². The van der Waals surface area contributed by atoms with E-state index in [0.717, 1.165) is 0 Å². The number of rotatable bonds is 6. The first-order valence-corrected chi connectivity index (χ1v) is 3.79. The second kappa shape index (κ2) is 6.37. The van der Waals surface area contributed by atoms with Crippen LogP contribution in [0, 0.1) is 0 Å². The maximum atomic E-state index is 10.6. The number of carbonyl (C=O) groups is 1. The third-order valence-corrected chi connectivity index (χ3v) is 1.03. The molecular weight excluding hydrogens is 143 g/mol. The maximum absolute atomic E-state index is 10.6. The summed E-state index contributed by atoms with van der Waals surface area (Å²) in [5.41, 5.74) is -0.0306. The minimum absolute atomic E-state index is 0.0306. The van der Waals surface area contributed by atoms with Gasteiger partial charge >= 0.3 is 0 Å². The first kappa shape index (κ1) is 10.7. The summed E-state index contributed by atoms with van der Waals surface area (Å²) in [5, 5.41) is 0. The highest BCUT2D eigenvalue weighted by Crippen LogP contribution is 1.92. The van der Waals surface area contributed by atoms with Gasteiger partial charge in [0, 0.05) is 13.2 Å². The van der Waals surface area contributed by atoms with Crippen LogP contribution in [0.3, 0.4) is 0 Å². The molecule has 1 radical (unpaired) electrons. The van der Waals surface area contributed by atoms with E-state index in [2.05, 4.69) is 0 Å². The lowest BCUT2D eigenvalue weighted by atomic mass is 9.73. The van der Waals surface area contributed by atoms with Crippen molar-refractivity contribution in [1.29, 1.82) is 0 Å². The average Bonchev–Trinajstić information content (AvgIpc) is 1.87. The van der Waals surface area contributed by atoms with Gasteiger partial charge in [0.2, 0.25) is 0 Å². The fraction of sp³-hybridized carbons (Fsp3) is 0.857. The lowest BCUT2D eigenvalue weighted by molar-refractivity contribution is -0.113. The largest absolute Gasteiger partial charge is 0.361 e. The molecule has 0 aromatic carbocycles. The predicted octanol–water partition coefficient (Wildman–Crippen LogP) is 0.594. The first-order valence-electron chi connectivity index (χ1n) is 3.79. The van der Waals surface area contributed by atoms with Crippen LogP contribution in [0.4, 0.5) is 0 Å². The van der Waals surface area contributed by atoms with Crippen molar-refractivity contribution in [2.24, 2.45) is 0 Å². The van der Waals surface area contributed by atoms with Gasteiger partial charge in [0.25, 0.3) is 7.28 Å². The van der Waals surface area contributed by atoms with Crippen molar-refractivity contribution < 1.29 is 14.3 Å². The molecule has 3 nitrogen and oxygen atoms in total. The van der Waals surface area contributed by atoms with E-state index in [9.17, 15) is 4.79 Å². The molecule has 0 rings (SSSR count). The van der Waals surface area contributed by atoms with E-state index in [1.54, 1.807) is 0 Å². The van der Waals surface area contributed by atoms with Crippen LogP contribution in [0.15, 0.2) is 0 Å². The molecule has 0 bridgehead atoms. The molecule has 0 N–H and O–H groups in total. The zero-order chi connectivity index (χ0) is 8.69. The molecule has 0 fully saturated rings. The van der Waals surface area contributed by atoms with Crippen LogP contribution in [0.1, 0.15) is 20.8 Å². The maximum Gasteiger partial charge on any atom is 0.275 e. The van der Waals surface area contributed by atoms with E-state index in [0.29, 0.717) is 13.2 Å². The van der Waals surface area contributed by atoms with Crippen LogP contribution in [-0.2, 0) is 14.3 Å². The van der Waals surface area contributed by atoms with Crippen molar-refractivity contribution in [3.05, 3.63) is 0 Å². The molecule has 0 atom stereocenters. The Kier molecular flexibility index (Phi) is 6.17. The van der Waals surface area contributed by atoms with E-state index in [4.69, 9.17) is 9.47 Å². The van der Waals surface area contributed by atoms with Crippen molar-refractivity contribution in [2.45, 2.75) is 27.0 Å². The fourth-order valence-electron chi connectivity index (χ4n) is 0.665. The molecule has 0 saturated heterocycles. The number of carbonyl (C=O) groups excluding carboxylic acids is 1. The molecule has 0 heterocycles. The Morgan fingerprint density at radius 1 is 1.36 bits per heavy atom. The second-order valence-corrected chi connectivity index (χ2v) is 2.06. The predicted molar refractivity (Wildman–Crippen MR) is 43.5 cm³/mol. The molecule has 0 aliphatic rings. The van der Waals surface area contributed by atoms with E-state index >= 15 is 0 Å². The minimum atomic E-state index is -0.470. The van der Waals surface area contributed by atoms with Gasteiger partial charge in [-0.1, -0.05) is 0 Å². The van der Waals surface area contributed by atoms with Gasteiger partial charge in [-0.25, -0.2) is 0 Å². The molecule has 0 aromatic rings. The molecule has 0 saturated carbocycles. The molecule has 0 aliphatic carbocycles. The van der Waals surface area contributed by atoms with E-state index in [1.807, 2.05) is 13.8 Å². The fourth-order valence-corrected chi connectivity index (χ4v) is 0.665. The monoisotopic (exact) mass is 157 g/mol. The van der Waals surface area contributed by atoms with Gasteiger partial charge in [0.05, 0.1) is 5.68 Å². The quantitative estimate of drug-likeness (QED) is 0.418. The van der Waals surface area contributed by atoms with Gasteiger partial charge in [-0.05, 0) is 20.8 Å². The molecule has 11 heavy (non-hydrogen) atoms. The van der Waals surface area contributed by atoms with Crippen molar-refractivity contribution in [3.63, 3.8) is 0 Å². The number of hydrogen-bond acceptors (Lipinski definition) is 3. The van der Waals surface area contributed by atoms with Crippen LogP contribution in [-0.4, -0.2) is 32.4 Å². The van der Waals surface area contributed by atoms with Gasteiger partial charge in [-0.15, -0.1) is 0 Å². The summed E-state index contributed by atoms with van der Waals surface area (Å²) in [6.07, 6.45) is -0.470. The van der Waals surface area contributed by atoms with E-state index in [-0.39, 0.29) is 5.68 Å². The standard InChI is InChI=1S/C7H14BO3/c1-4-10-7(11-5-2)8-6(3)9/h7H,4-5H2,1-3H3. The Bertz CT molecular complexity index is 110. The van der Waals surface area contributed by atoms with E-state index < -0.39 is 6.19 Å². The summed E-state index contributed by atoms with van der Waals surface area (Å²) in [6.45, 7) is 6.30. The second-order valence-electron chi connectivity index (χ2n) is 2.06. The lowest BCUT2D eigenvalue weighted by Gasteiger charge is -2.13. The van der Waals surface area contributed by atoms with Crippen LogP contribution in [0.25, 0.3) is 0 Å². The SMILES string of the molecule is CCOC([B]C(C)=O)OCC. The normalized spacial score (nSPS) is 10.2. The summed E-state index contributed by atoms with van der Waals surface area (Å²) in [5.74, 6) is 0. The van der Waals surface area contributed by atoms with Crippen molar-refractivity contribution in [2.75, 3.05) is 13.2 Å². The smallest absolute Gasteiger partial charge is 0.275 e. The summed E-state index contributed by atoms with van der Waals surface area (Å²) >= 11 is 0. The van der Waals surface area contributed by atoms with Gasteiger partial charge in [-0.3, -0.25) is 0 Å². The molecule has 0 unspecified atom stereocenters. The summed E-state index contributed by atoms with van der Waals surface area (Å²) in [4.78, 5) is 10.6. The molecule has 0 amide bonds. The number of ether oxygens (including phenoxy) is 2. The Morgan fingerprint density at radius 2 is 1.82 bits per heavy atom. The third-order valence-electron chi connectivity index (χ3n) is 1.03. The molecular formula is C7H14BO3. The minimum Gasteiger partial charge on any atom is -0.361 e. The highest BCUT2D eigenvalue weighted by atomic mass is 16.7. The average molecular weight is 157 g/mol. The Labute approximate surface area is 68.3 Å². The Balaban J connectivity index is 3.59. The third kappa shape index (κ3) is 6.07. The van der Waals surface area contributed by atoms with Crippen LogP contribution >= 0.6 is 0 Å². The van der Waals surface area contributed by atoms with Gasteiger partial charge < -0.3 is 14.3 Å². The van der Waals surface area contributed by atoms with Crippen molar-refractivity contribution in [1.82, 2.24) is 0 Å². The highest BCUT2D eigenvalue weighted by molar-refractivity contribution is 6.74. The molecule has 0 aromatic heterocycles. The van der Waals surface area contributed by atoms with Crippen molar-refractivity contribution in [3.8, 4) is 0 Å². The lowest BCUT2D eigenvalue weighted by Crippen LogP contribution is -2.29. The molecule has 0 spiro atoms. The Hall–Kier alpha value is -0.345. The van der Waals surface area contributed by atoms with E-state index in [1.165, 1.54) is 14.2 Å². The molecule has 63 valence electrons. The number of hydrogen-bond donors (Lipinski definition) is 0. The van der Waals surface area contributed by atoms with Gasteiger partial charge in [0.1, 0.15) is 6.19 Å². The van der Waals surface area contributed by atoms with Crippen molar-refractivity contribution >= 4 is 13.0 Å². The Morgan fingerprint density at radius 3 is 2.09 bits per heavy atom. The summed E-state index contributed by atoms with van der Waals surface area (Å²) in [7, 11) is 1.42. The van der Waals surface area contributed by atoms with Crippen LogP contribution in [0.2, 0.25) is 0 Å². The topological polar surface area (TPSA) is 35.5 Å². The van der Waals surface area contributed by atoms with Gasteiger partial charge in [0.15, 0.2) is 0 Å². The van der Waals surface area contributed by atoms with Crippen LogP contribution in [0.5, 0.6) is 0 Å². The molecule has 0 aliphatic heterocycles. The first-order chi connectivity index (χ1) is 5.20. The molecule has 4 heteroatoms.